The molecule has 1 fully saturated rings. The first-order valence-electron chi connectivity index (χ1n) is 5.66. The molecule has 2 aliphatic heterocycles. The lowest BCUT2D eigenvalue weighted by atomic mass is 9.91. The maximum atomic E-state index is 11.6. The fraction of sp³-hybridized carbons (Fsp3) is 0.417. The van der Waals surface area contributed by atoms with Gasteiger partial charge in [0.2, 0.25) is 5.91 Å². The molecule has 2 bridgehead atoms. The van der Waals surface area contributed by atoms with E-state index in [1.54, 1.807) is 19.1 Å². The van der Waals surface area contributed by atoms with Gasteiger partial charge in [0.15, 0.2) is 0 Å². The number of hydrogen-bond acceptors (Lipinski definition) is 3. The summed E-state index contributed by atoms with van der Waals surface area (Å²) in [5, 5.41) is 10.7. The molecule has 3 rings (SSSR count). The Labute approximate surface area is 98.2 Å². The molecule has 0 N–H and O–H groups in total. The smallest absolute Gasteiger partial charge is 0.269 e. The van der Waals surface area contributed by atoms with E-state index in [2.05, 4.69) is 0 Å². The van der Waals surface area contributed by atoms with E-state index in [4.69, 9.17) is 0 Å². The highest BCUT2D eigenvalue weighted by atomic mass is 16.6. The van der Waals surface area contributed by atoms with Gasteiger partial charge in [-0.05, 0) is 30.0 Å². The topological polar surface area (TPSA) is 63.5 Å². The largest absolute Gasteiger partial charge is 0.329 e. The predicted molar refractivity (Wildman–Crippen MR) is 60.3 cm³/mol. The lowest BCUT2D eigenvalue weighted by Gasteiger charge is -2.20. The van der Waals surface area contributed by atoms with Gasteiger partial charge in [0, 0.05) is 19.1 Å². The summed E-state index contributed by atoms with van der Waals surface area (Å²) in [6.45, 7) is 1.56. The molecule has 88 valence electrons. The monoisotopic (exact) mass is 232 g/mol. The number of carbonyl (C=O) groups is 1. The first-order valence-corrected chi connectivity index (χ1v) is 5.66. The van der Waals surface area contributed by atoms with Crippen molar-refractivity contribution in [2.45, 2.75) is 31.8 Å². The third-order valence-electron chi connectivity index (χ3n) is 3.75. The van der Waals surface area contributed by atoms with Crippen LogP contribution in [0.2, 0.25) is 0 Å². The highest BCUT2D eigenvalue weighted by Gasteiger charge is 2.45. The molecule has 0 radical (unpaired) electrons. The third kappa shape index (κ3) is 1.28. The Kier molecular flexibility index (Phi) is 1.98. The van der Waals surface area contributed by atoms with Crippen LogP contribution in [-0.4, -0.2) is 15.7 Å². The molecule has 0 saturated carbocycles. The molecule has 17 heavy (non-hydrogen) atoms. The van der Waals surface area contributed by atoms with Crippen LogP contribution < -0.4 is 0 Å². The molecule has 2 aliphatic rings. The minimum absolute atomic E-state index is 0.0485. The van der Waals surface area contributed by atoms with Crippen LogP contribution in [0.1, 0.15) is 43.0 Å². The summed E-state index contributed by atoms with van der Waals surface area (Å²) in [5.74, 6) is 0.0522. The van der Waals surface area contributed by atoms with E-state index in [-0.39, 0.29) is 28.6 Å². The van der Waals surface area contributed by atoms with E-state index in [1.165, 1.54) is 6.07 Å². The summed E-state index contributed by atoms with van der Waals surface area (Å²) in [6, 6.07) is 5.13. The zero-order valence-electron chi connectivity index (χ0n) is 9.42. The van der Waals surface area contributed by atoms with Crippen molar-refractivity contribution in [1.29, 1.82) is 0 Å². The summed E-state index contributed by atoms with van der Waals surface area (Å²) in [4.78, 5) is 23.8. The Bertz CT molecular complexity index is 526. The minimum Gasteiger partial charge on any atom is -0.329 e. The van der Waals surface area contributed by atoms with Gasteiger partial charge in [0.25, 0.3) is 5.69 Å². The number of nitrogens with zero attached hydrogens (tertiary/aromatic N) is 2. The van der Waals surface area contributed by atoms with Crippen molar-refractivity contribution in [3.63, 3.8) is 0 Å². The number of benzene rings is 1. The minimum atomic E-state index is -0.385. The second-order valence-electron chi connectivity index (χ2n) is 4.61. The second-order valence-corrected chi connectivity index (χ2v) is 4.61. The second kappa shape index (κ2) is 3.29. The molecular formula is C12H12N2O3. The van der Waals surface area contributed by atoms with E-state index in [9.17, 15) is 14.9 Å². The molecule has 5 heteroatoms. The molecular weight excluding hydrogens is 220 g/mol. The first-order chi connectivity index (χ1) is 8.09. The van der Waals surface area contributed by atoms with Crippen molar-refractivity contribution in [3.8, 4) is 0 Å². The molecule has 2 unspecified atom stereocenters. The lowest BCUT2D eigenvalue weighted by Crippen LogP contribution is -2.24. The maximum Gasteiger partial charge on any atom is 0.269 e. The Morgan fingerprint density at radius 3 is 2.59 bits per heavy atom. The molecule has 0 aliphatic carbocycles. The van der Waals surface area contributed by atoms with Crippen LogP contribution in [0.4, 0.5) is 5.69 Å². The summed E-state index contributed by atoms with van der Waals surface area (Å²) in [7, 11) is 0. The van der Waals surface area contributed by atoms with Crippen LogP contribution in [-0.2, 0) is 4.79 Å². The van der Waals surface area contributed by atoms with Crippen molar-refractivity contribution < 1.29 is 9.72 Å². The number of carbonyl (C=O) groups excluding carboxylic acids is 1. The molecule has 1 amide bonds. The van der Waals surface area contributed by atoms with Crippen molar-refractivity contribution in [2.24, 2.45) is 0 Å². The van der Waals surface area contributed by atoms with E-state index < -0.39 is 0 Å². The van der Waals surface area contributed by atoms with Crippen LogP contribution in [0.25, 0.3) is 0 Å². The quantitative estimate of drug-likeness (QED) is 0.551. The van der Waals surface area contributed by atoms with Crippen LogP contribution in [0.3, 0.4) is 0 Å². The zero-order chi connectivity index (χ0) is 12.2. The van der Waals surface area contributed by atoms with Crippen LogP contribution in [0.15, 0.2) is 18.2 Å². The normalized spacial score (nSPS) is 24.9. The Hall–Kier alpha value is -1.91. The summed E-state index contributed by atoms with van der Waals surface area (Å²) < 4.78 is 0. The van der Waals surface area contributed by atoms with Gasteiger partial charge in [-0.1, -0.05) is 0 Å². The SMILES string of the molecule is CC(=O)N1C2CCC1c1cc([N+](=O)[O-])ccc12. The van der Waals surface area contributed by atoms with Gasteiger partial charge < -0.3 is 4.90 Å². The van der Waals surface area contributed by atoms with Crippen LogP contribution >= 0.6 is 0 Å². The van der Waals surface area contributed by atoms with Gasteiger partial charge in [-0.2, -0.15) is 0 Å². The number of amides is 1. The van der Waals surface area contributed by atoms with Gasteiger partial charge in [0.1, 0.15) is 0 Å². The third-order valence-corrected chi connectivity index (χ3v) is 3.75. The Morgan fingerprint density at radius 2 is 2.00 bits per heavy atom. The highest BCUT2D eigenvalue weighted by Crippen LogP contribution is 2.53. The van der Waals surface area contributed by atoms with Gasteiger partial charge in [-0.3, -0.25) is 14.9 Å². The van der Waals surface area contributed by atoms with Gasteiger partial charge in [-0.15, -0.1) is 0 Å². The van der Waals surface area contributed by atoms with E-state index in [1.807, 2.05) is 4.90 Å². The van der Waals surface area contributed by atoms with E-state index in [0.29, 0.717) is 0 Å². The average molecular weight is 232 g/mol. The number of non-ortho nitro benzene ring substituents is 1. The highest BCUT2D eigenvalue weighted by molar-refractivity contribution is 5.76. The van der Waals surface area contributed by atoms with Crippen molar-refractivity contribution in [2.75, 3.05) is 0 Å². The summed E-state index contributed by atoms with van der Waals surface area (Å²) in [5.41, 5.74) is 2.16. The van der Waals surface area contributed by atoms with Crippen LogP contribution in [0, 0.1) is 10.1 Å². The summed E-state index contributed by atoms with van der Waals surface area (Å²) in [6.07, 6.45) is 1.88. The standard InChI is InChI=1S/C12H12N2O3/c1-7(15)13-11-4-5-12(13)10-6-8(14(16)17)2-3-9(10)11/h2-3,6,11-12H,4-5H2,1H3. The van der Waals surface area contributed by atoms with E-state index in [0.717, 1.165) is 24.0 Å². The molecule has 1 aromatic rings. The van der Waals surface area contributed by atoms with Gasteiger partial charge in [-0.25, -0.2) is 0 Å². The Morgan fingerprint density at radius 1 is 1.35 bits per heavy atom. The molecule has 0 spiro atoms. The molecule has 5 nitrogen and oxygen atoms in total. The van der Waals surface area contributed by atoms with Crippen LogP contribution in [0.5, 0.6) is 0 Å². The predicted octanol–water partition coefficient (Wildman–Crippen LogP) is 2.33. The number of fused-ring (bicyclic) bond motifs is 5. The van der Waals surface area contributed by atoms with Crippen molar-refractivity contribution >= 4 is 11.6 Å². The number of rotatable bonds is 1. The molecule has 2 atom stereocenters. The Balaban J connectivity index is 2.09. The van der Waals surface area contributed by atoms with Crippen molar-refractivity contribution in [1.82, 2.24) is 4.90 Å². The number of nitro groups is 1. The number of nitro benzene ring substituents is 1. The fourth-order valence-electron chi connectivity index (χ4n) is 3.13. The maximum absolute atomic E-state index is 11.6. The van der Waals surface area contributed by atoms with Gasteiger partial charge >= 0.3 is 0 Å². The fourth-order valence-corrected chi connectivity index (χ4v) is 3.13. The summed E-state index contributed by atoms with van der Waals surface area (Å²) >= 11 is 0. The zero-order valence-corrected chi connectivity index (χ0v) is 9.42. The number of hydrogen-bond donors (Lipinski definition) is 0. The average Bonchev–Trinajstić information content (AvgIpc) is 2.84. The lowest BCUT2D eigenvalue weighted by molar-refractivity contribution is -0.384. The molecule has 0 aromatic heterocycles. The molecule has 1 saturated heterocycles. The van der Waals surface area contributed by atoms with E-state index >= 15 is 0 Å². The van der Waals surface area contributed by atoms with Gasteiger partial charge in [0.05, 0.1) is 17.0 Å². The molecule has 1 aromatic carbocycles. The molecule has 2 heterocycles. The first kappa shape index (κ1) is 10.3. The van der Waals surface area contributed by atoms with Crippen molar-refractivity contribution in [3.05, 3.63) is 39.4 Å².